The van der Waals surface area contributed by atoms with Gasteiger partial charge in [0.1, 0.15) is 0 Å². The fourth-order valence-corrected chi connectivity index (χ4v) is 2.37. The van der Waals surface area contributed by atoms with Crippen molar-refractivity contribution in [1.29, 1.82) is 0 Å². The van der Waals surface area contributed by atoms with Gasteiger partial charge in [-0.1, -0.05) is 13.3 Å². The molecule has 1 saturated heterocycles. The van der Waals surface area contributed by atoms with Crippen molar-refractivity contribution in [1.82, 2.24) is 0 Å². The van der Waals surface area contributed by atoms with Crippen LogP contribution in [0.5, 0.6) is 0 Å². The average molecular weight is 178 g/mol. The first-order chi connectivity index (χ1) is 5.06. The van der Waals surface area contributed by atoms with Crippen LogP contribution in [-0.2, 0) is 14.3 Å². The first-order valence-corrected chi connectivity index (χ1v) is 5.41. The fraction of sp³-hybridized carbons (Fsp3) is 1.00. The molecule has 2 unspecified atom stereocenters. The molecule has 0 radical (unpaired) electrons. The van der Waals surface area contributed by atoms with E-state index in [1.165, 1.54) is 0 Å². The molecule has 0 aromatic carbocycles. The monoisotopic (exact) mass is 178 g/mol. The second-order valence-corrected chi connectivity index (χ2v) is 5.12. The average Bonchev–Trinajstić information content (AvgIpc) is 1.95. The van der Waals surface area contributed by atoms with Crippen molar-refractivity contribution in [2.24, 2.45) is 5.92 Å². The SMILES string of the molecule is CCC1COS(=O)(=O)C(C)C1. The van der Waals surface area contributed by atoms with Crippen molar-refractivity contribution >= 4 is 10.1 Å². The summed E-state index contributed by atoms with van der Waals surface area (Å²) >= 11 is 0. The second-order valence-electron chi connectivity index (χ2n) is 3.10. The molecule has 0 aliphatic carbocycles. The summed E-state index contributed by atoms with van der Waals surface area (Å²) in [6, 6.07) is 0. The maximum absolute atomic E-state index is 11.0. The topological polar surface area (TPSA) is 43.4 Å². The van der Waals surface area contributed by atoms with E-state index in [0.717, 1.165) is 12.8 Å². The standard InChI is InChI=1S/C7H14O3S/c1-3-7-4-6(2)11(8,9)10-5-7/h6-7H,3-5H2,1-2H3. The molecular formula is C7H14O3S. The van der Waals surface area contributed by atoms with E-state index in [9.17, 15) is 8.42 Å². The van der Waals surface area contributed by atoms with E-state index in [1.807, 2.05) is 0 Å². The van der Waals surface area contributed by atoms with E-state index >= 15 is 0 Å². The van der Waals surface area contributed by atoms with Crippen LogP contribution in [0.15, 0.2) is 0 Å². The molecule has 1 rings (SSSR count). The minimum absolute atomic E-state index is 0.318. The molecule has 1 heterocycles. The molecule has 4 heteroatoms. The molecule has 0 saturated carbocycles. The van der Waals surface area contributed by atoms with Gasteiger partial charge >= 0.3 is 0 Å². The van der Waals surface area contributed by atoms with Gasteiger partial charge in [0.15, 0.2) is 0 Å². The van der Waals surface area contributed by atoms with Crippen molar-refractivity contribution < 1.29 is 12.6 Å². The Morgan fingerprint density at radius 1 is 1.55 bits per heavy atom. The predicted molar refractivity (Wildman–Crippen MR) is 42.7 cm³/mol. The lowest BCUT2D eigenvalue weighted by Crippen LogP contribution is -2.32. The Bertz CT molecular complexity index is 220. The van der Waals surface area contributed by atoms with Crippen molar-refractivity contribution in [3.05, 3.63) is 0 Å². The lowest BCUT2D eigenvalue weighted by atomic mass is 10.0. The Morgan fingerprint density at radius 2 is 2.18 bits per heavy atom. The van der Waals surface area contributed by atoms with Gasteiger partial charge in [-0.25, -0.2) is 0 Å². The molecule has 11 heavy (non-hydrogen) atoms. The highest BCUT2D eigenvalue weighted by Crippen LogP contribution is 2.23. The van der Waals surface area contributed by atoms with Crippen LogP contribution < -0.4 is 0 Å². The zero-order valence-electron chi connectivity index (χ0n) is 6.91. The molecule has 0 aromatic rings. The van der Waals surface area contributed by atoms with Crippen LogP contribution in [0.2, 0.25) is 0 Å². The Hall–Kier alpha value is -0.0900. The van der Waals surface area contributed by atoms with Crippen LogP contribution in [0.1, 0.15) is 26.7 Å². The largest absolute Gasteiger partial charge is 0.270 e. The molecule has 0 spiro atoms. The summed E-state index contributed by atoms with van der Waals surface area (Å²) in [5.74, 6) is 0.425. The highest BCUT2D eigenvalue weighted by atomic mass is 32.2. The highest BCUT2D eigenvalue weighted by Gasteiger charge is 2.30. The molecule has 0 N–H and O–H groups in total. The zero-order chi connectivity index (χ0) is 8.48. The van der Waals surface area contributed by atoms with Crippen molar-refractivity contribution in [3.63, 3.8) is 0 Å². The van der Waals surface area contributed by atoms with Crippen molar-refractivity contribution in [2.45, 2.75) is 31.9 Å². The van der Waals surface area contributed by atoms with Gasteiger partial charge in [-0.3, -0.25) is 4.18 Å². The fourth-order valence-electron chi connectivity index (χ4n) is 1.25. The maximum Gasteiger partial charge on any atom is 0.269 e. The van der Waals surface area contributed by atoms with E-state index in [1.54, 1.807) is 6.92 Å². The molecule has 2 atom stereocenters. The molecule has 0 aromatic heterocycles. The second kappa shape index (κ2) is 3.11. The van der Waals surface area contributed by atoms with Gasteiger partial charge in [-0.2, -0.15) is 8.42 Å². The smallest absolute Gasteiger partial charge is 0.269 e. The van der Waals surface area contributed by atoms with Crippen LogP contribution >= 0.6 is 0 Å². The van der Waals surface area contributed by atoms with Crippen LogP contribution in [0.3, 0.4) is 0 Å². The van der Waals surface area contributed by atoms with Crippen molar-refractivity contribution in [3.8, 4) is 0 Å². The molecule has 1 aliphatic rings. The molecule has 0 bridgehead atoms. The van der Waals surface area contributed by atoms with Gasteiger partial charge in [0.05, 0.1) is 11.9 Å². The Morgan fingerprint density at radius 3 is 2.64 bits per heavy atom. The van der Waals surface area contributed by atoms with Gasteiger partial charge in [-0.15, -0.1) is 0 Å². The van der Waals surface area contributed by atoms with Gasteiger partial charge < -0.3 is 0 Å². The Kier molecular flexibility index (Phi) is 2.54. The quantitative estimate of drug-likeness (QED) is 0.566. The molecule has 1 aliphatic heterocycles. The first-order valence-electron chi connectivity index (χ1n) is 3.94. The summed E-state index contributed by atoms with van der Waals surface area (Å²) in [6.45, 7) is 4.14. The van der Waals surface area contributed by atoms with Crippen LogP contribution in [0.4, 0.5) is 0 Å². The zero-order valence-corrected chi connectivity index (χ0v) is 7.73. The Labute approximate surface area is 67.9 Å². The molecule has 66 valence electrons. The van der Waals surface area contributed by atoms with E-state index in [2.05, 4.69) is 6.92 Å². The molecular weight excluding hydrogens is 164 g/mol. The summed E-state index contributed by atoms with van der Waals surface area (Å²) in [4.78, 5) is 0. The third-order valence-electron chi connectivity index (χ3n) is 2.20. The lowest BCUT2D eigenvalue weighted by Gasteiger charge is -2.25. The number of rotatable bonds is 1. The molecule has 1 fully saturated rings. The number of hydrogen-bond donors (Lipinski definition) is 0. The molecule has 3 nitrogen and oxygen atoms in total. The van der Waals surface area contributed by atoms with Crippen LogP contribution in [0, 0.1) is 5.92 Å². The summed E-state index contributed by atoms with van der Waals surface area (Å²) in [7, 11) is -3.20. The van der Waals surface area contributed by atoms with Crippen LogP contribution in [-0.4, -0.2) is 20.3 Å². The number of hydrogen-bond acceptors (Lipinski definition) is 3. The summed E-state index contributed by atoms with van der Waals surface area (Å²) in [5, 5.41) is -0.318. The van der Waals surface area contributed by atoms with Gasteiger partial charge in [-0.05, 0) is 19.3 Å². The summed E-state index contributed by atoms with van der Waals surface area (Å²) in [6.07, 6.45) is 1.75. The predicted octanol–water partition coefficient (Wildman–Crippen LogP) is 1.15. The first kappa shape index (κ1) is 9.00. The highest BCUT2D eigenvalue weighted by molar-refractivity contribution is 7.87. The van der Waals surface area contributed by atoms with Crippen molar-refractivity contribution in [2.75, 3.05) is 6.61 Å². The molecule has 0 amide bonds. The Balaban J connectivity index is 2.62. The van der Waals surface area contributed by atoms with Gasteiger partial charge in [0.2, 0.25) is 0 Å². The minimum Gasteiger partial charge on any atom is -0.270 e. The third kappa shape index (κ3) is 1.93. The van der Waals surface area contributed by atoms with E-state index < -0.39 is 10.1 Å². The third-order valence-corrected chi connectivity index (χ3v) is 3.85. The normalized spacial score (nSPS) is 36.9. The summed E-state index contributed by atoms with van der Waals surface area (Å²) in [5.41, 5.74) is 0. The van der Waals surface area contributed by atoms with E-state index in [4.69, 9.17) is 4.18 Å². The van der Waals surface area contributed by atoms with E-state index in [-0.39, 0.29) is 5.25 Å². The van der Waals surface area contributed by atoms with Gasteiger partial charge in [0, 0.05) is 0 Å². The van der Waals surface area contributed by atoms with E-state index in [0.29, 0.717) is 12.5 Å². The maximum atomic E-state index is 11.0. The minimum atomic E-state index is -3.20. The summed E-state index contributed by atoms with van der Waals surface area (Å²) < 4.78 is 26.8. The lowest BCUT2D eigenvalue weighted by molar-refractivity contribution is 0.209. The van der Waals surface area contributed by atoms with Gasteiger partial charge in [0.25, 0.3) is 10.1 Å². The van der Waals surface area contributed by atoms with Crippen LogP contribution in [0.25, 0.3) is 0 Å².